The Balaban J connectivity index is 1.45. The third-order valence-electron chi connectivity index (χ3n) is 5.14. The molecule has 2 aliphatic rings. The van der Waals surface area contributed by atoms with Gasteiger partial charge in [-0.05, 0) is 37.1 Å². The lowest BCUT2D eigenvalue weighted by atomic mass is 9.65. The van der Waals surface area contributed by atoms with E-state index in [1.165, 1.54) is 0 Å². The van der Waals surface area contributed by atoms with Crippen molar-refractivity contribution in [3.8, 4) is 5.69 Å². The van der Waals surface area contributed by atoms with Gasteiger partial charge in [-0.1, -0.05) is 6.92 Å². The monoisotopic (exact) mass is 312 g/mol. The molecule has 0 unspecified atom stereocenters. The predicted molar refractivity (Wildman–Crippen MR) is 84.2 cm³/mol. The highest BCUT2D eigenvalue weighted by Gasteiger charge is 2.53. The van der Waals surface area contributed by atoms with Gasteiger partial charge in [0.15, 0.2) is 0 Å². The topological polar surface area (TPSA) is 69.0 Å². The number of carbonyl (C=O) groups excluding carboxylic acids is 1. The number of hydrogen-bond acceptors (Lipinski definition) is 4. The van der Waals surface area contributed by atoms with E-state index in [1.54, 1.807) is 17.2 Å². The first-order valence-corrected chi connectivity index (χ1v) is 8.15. The SMILES string of the molecule is CC[C@@H]1[C@@H](NC(=O)c2ccc(-n3cnnc3)cc2)[C@@H]2CCO[C@H]12. The van der Waals surface area contributed by atoms with Crippen molar-refractivity contribution < 1.29 is 9.53 Å². The maximum absolute atomic E-state index is 12.5. The van der Waals surface area contributed by atoms with Crippen LogP contribution in [0.25, 0.3) is 5.69 Å². The van der Waals surface area contributed by atoms with Gasteiger partial charge in [0, 0.05) is 35.7 Å². The Morgan fingerprint density at radius 1 is 1.30 bits per heavy atom. The minimum Gasteiger partial charge on any atom is -0.377 e. The van der Waals surface area contributed by atoms with Crippen LogP contribution in [0.1, 0.15) is 30.1 Å². The van der Waals surface area contributed by atoms with Crippen molar-refractivity contribution in [2.24, 2.45) is 11.8 Å². The van der Waals surface area contributed by atoms with Gasteiger partial charge < -0.3 is 10.1 Å². The van der Waals surface area contributed by atoms with Crippen molar-refractivity contribution in [2.45, 2.75) is 31.9 Å². The van der Waals surface area contributed by atoms with Crippen molar-refractivity contribution >= 4 is 5.91 Å². The van der Waals surface area contributed by atoms with Crippen LogP contribution in [0.3, 0.4) is 0 Å². The van der Waals surface area contributed by atoms with Gasteiger partial charge in [0.1, 0.15) is 12.7 Å². The molecule has 0 bridgehead atoms. The number of benzene rings is 1. The molecule has 1 aliphatic carbocycles. The summed E-state index contributed by atoms with van der Waals surface area (Å²) in [5.74, 6) is 0.928. The minimum atomic E-state index is -0.00546. The second kappa shape index (κ2) is 5.77. The molecule has 2 aromatic rings. The lowest BCUT2D eigenvalue weighted by molar-refractivity contribution is -0.0545. The molecule has 1 aliphatic heterocycles. The second-order valence-electron chi connectivity index (χ2n) is 6.28. The number of nitrogens with one attached hydrogen (secondary N) is 1. The van der Waals surface area contributed by atoms with E-state index in [0.29, 0.717) is 23.5 Å². The number of hydrogen-bond donors (Lipinski definition) is 1. The molecule has 4 rings (SSSR count). The maximum atomic E-state index is 12.5. The van der Waals surface area contributed by atoms with Gasteiger partial charge in [0.2, 0.25) is 0 Å². The number of fused-ring (bicyclic) bond motifs is 1. The van der Waals surface area contributed by atoms with Gasteiger partial charge in [-0.25, -0.2) is 0 Å². The van der Waals surface area contributed by atoms with E-state index >= 15 is 0 Å². The third kappa shape index (κ3) is 2.43. The Kier molecular flexibility index (Phi) is 3.61. The molecule has 6 nitrogen and oxygen atoms in total. The summed E-state index contributed by atoms with van der Waals surface area (Å²) in [6.07, 6.45) is 5.71. The van der Waals surface area contributed by atoms with Crippen LogP contribution in [-0.2, 0) is 4.74 Å². The molecule has 0 radical (unpaired) electrons. The normalized spacial score (nSPS) is 28.9. The lowest BCUT2D eigenvalue weighted by Gasteiger charge is -2.47. The third-order valence-corrected chi connectivity index (χ3v) is 5.14. The molecule has 23 heavy (non-hydrogen) atoms. The van der Waals surface area contributed by atoms with Crippen molar-refractivity contribution in [3.63, 3.8) is 0 Å². The van der Waals surface area contributed by atoms with E-state index in [2.05, 4.69) is 22.4 Å². The molecule has 120 valence electrons. The van der Waals surface area contributed by atoms with Crippen LogP contribution in [0.2, 0.25) is 0 Å². The Morgan fingerprint density at radius 2 is 2.04 bits per heavy atom. The van der Waals surface area contributed by atoms with Crippen molar-refractivity contribution in [1.82, 2.24) is 20.1 Å². The van der Waals surface area contributed by atoms with E-state index in [4.69, 9.17) is 4.74 Å². The summed E-state index contributed by atoms with van der Waals surface area (Å²) in [7, 11) is 0. The summed E-state index contributed by atoms with van der Waals surface area (Å²) in [4.78, 5) is 12.5. The van der Waals surface area contributed by atoms with Crippen molar-refractivity contribution in [1.29, 1.82) is 0 Å². The van der Waals surface area contributed by atoms with Gasteiger partial charge in [-0.3, -0.25) is 9.36 Å². The zero-order valence-electron chi connectivity index (χ0n) is 13.1. The number of ether oxygens (including phenoxy) is 1. The van der Waals surface area contributed by atoms with Crippen molar-refractivity contribution in [2.75, 3.05) is 6.61 Å². The van der Waals surface area contributed by atoms with Crippen LogP contribution < -0.4 is 5.32 Å². The summed E-state index contributed by atoms with van der Waals surface area (Å²) in [6, 6.07) is 7.73. The summed E-state index contributed by atoms with van der Waals surface area (Å²) in [6.45, 7) is 2.99. The molecule has 1 aromatic heterocycles. The molecular weight excluding hydrogens is 292 g/mol. The highest BCUT2D eigenvalue weighted by atomic mass is 16.5. The molecule has 2 fully saturated rings. The van der Waals surface area contributed by atoms with Gasteiger partial charge in [0.05, 0.1) is 6.10 Å². The summed E-state index contributed by atoms with van der Waals surface area (Å²) in [5.41, 5.74) is 1.62. The molecule has 6 heteroatoms. The van der Waals surface area contributed by atoms with E-state index in [0.717, 1.165) is 25.1 Å². The zero-order chi connectivity index (χ0) is 15.8. The van der Waals surface area contributed by atoms with Crippen molar-refractivity contribution in [3.05, 3.63) is 42.5 Å². The number of amides is 1. The fourth-order valence-corrected chi connectivity index (χ4v) is 3.88. The average molecular weight is 312 g/mol. The second-order valence-corrected chi connectivity index (χ2v) is 6.28. The van der Waals surface area contributed by atoms with Gasteiger partial charge in [-0.15, -0.1) is 10.2 Å². The molecule has 1 amide bonds. The molecule has 4 atom stereocenters. The quantitative estimate of drug-likeness (QED) is 0.935. The molecule has 1 N–H and O–H groups in total. The molecule has 2 heterocycles. The molecule has 1 saturated heterocycles. The highest BCUT2D eigenvalue weighted by Crippen LogP contribution is 2.45. The molecule has 1 aromatic carbocycles. The van der Waals surface area contributed by atoms with E-state index in [9.17, 15) is 4.79 Å². The summed E-state index contributed by atoms with van der Waals surface area (Å²) >= 11 is 0. The standard InChI is InChI=1S/C17H20N4O2/c1-2-13-15(14-7-8-23-16(13)14)20-17(22)11-3-5-12(6-4-11)21-9-18-19-10-21/h3-6,9-10,13-16H,2,7-8H2,1H3,(H,20,22)/t13-,14+,15-,16-/m1/s1. The molecule has 0 spiro atoms. The van der Waals surface area contributed by atoms with Crippen LogP contribution in [0, 0.1) is 11.8 Å². The van der Waals surface area contributed by atoms with Crippen LogP contribution in [0.15, 0.2) is 36.9 Å². The maximum Gasteiger partial charge on any atom is 0.251 e. The number of aromatic nitrogens is 3. The smallest absolute Gasteiger partial charge is 0.251 e. The highest BCUT2D eigenvalue weighted by molar-refractivity contribution is 5.94. The average Bonchev–Trinajstić information content (AvgIpc) is 3.23. The fourth-order valence-electron chi connectivity index (χ4n) is 3.88. The van der Waals surface area contributed by atoms with E-state index in [1.807, 2.05) is 24.3 Å². The summed E-state index contributed by atoms with van der Waals surface area (Å²) in [5, 5.41) is 10.8. The van der Waals surface area contributed by atoms with Gasteiger partial charge in [0.25, 0.3) is 5.91 Å². The van der Waals surface area contributed by atoms with Crippen LogP contribution >= 0.6 is 0 Å². The minimum absolute atomic E-state index is 0.00546. The Morgan fingerprint density at radius 3 is 2.74 bits per heavy atom. The van der Waals surface area contributed by atoms with E-state index in [-0.39, 0.29) is 11.9 Å². The Hall–Kier alpha value is -2.21. The Bertz CT molecular complexity index is 683. The van der Waals surface area contributed by atoms with Gasteiger partial charge in [-0.2, -0.15) is 0 Å². The Labute approximate surface area is 134 Å². The van der Waals surface area contributed by atoms with Gasteiger partial charge >= 0.3 is 0 Å². The van der Waals surface area contributed by atoms with E-state index < -0.39 is 0 Å². The molecule has 1 saturated carbocycles. The lowest BCUT2D eigenvalue weighted by Crippen LogP contribution is -2.61. The van der Waals surface area contributed by atoms with Crippen LogP contribution in [-0.4, -0.2) is 39.4 Å². The fraction of sp³-hybridized carbons (Fsp3) is 0.471. The number of nitrogens with zero attached hydrogens (tertiary/aromatic N) is 3. The van der Waals surface area contributed by atoms with Crippen LogP contribution in [0.5, 0.6) is 0 Å². The zero-order valence-corrected chi connectivity index (χ0v) is 13.1. The van der Waals surface area contributed by atoms with Crippen LogP contribution in [0.4, 0.5) is 0 Å². The molecular formula is C17H20N4O2. The number of rotatable bonds is 4. The predicted octanol–water partition coefficient (Wildman–Crippen LogP) is 1.81. The first-order valence-electron chi connectivity index (χ1n) is 8.15. The number of carbonyl (C=O) groups is 1. The summed E-state index contributed by atoms with van der Waals surface area (Å²) < 4.78 is 7.57. The first-order chi connectivity index (χ1) is 11.3. The largest absolute Gasteiger partial charge is 0.377 e. The first kappa shape index (κ1) is 14.4.